The molecule has 0 bridgehead atoms. The average molecular weight is 576 g/mol. The SMILES string of the molecule is CC1(C)c2ccc(C#N)cc2-c2c1ccc1c3ccccc3n(-c3cccc(-n4c5ccccc5c5cc(C#N)ccc54)n3)c21. The van der Waals surface area contributed by atoms with Gasteiger partial charge in [-0.15, -0.1) is 0 Å². The molecule has 1 aliphatic rings. The van der Waals surface area contributed by atoms with E-state index >= 15 is 0 Å². The highest BCUT2D eigenvalue weighted by atomic mass is 15.1. The Morgan fingerprint density at radius 2 is 1.16 bits per heavy atom. The third-order valence-electron chi connectivity index (χ3n) is 9.58. The Labute approximate surface area is 259 Å². The van der Waals surface area contributed by atoms with Gasteiger partial charge in [-0.05, 0) is 71.3 Å². The number of nitrogens with zero attached hydrogens (tertiary/aromatic N) is 5. The molecular formula is C40H25N5. The van der Waals surface area contributed by atoms with Gasteiger partial charge in [0.05, 0.1) is 45.3 Å². The number of pyridine rings is 1. The molecule has 0 saturated heterocycles. The van der Waals surface area contributed by atoms with Gasteiger partial charge < -0.3 is 0 Å². The number of hydrogen-bond donors (Lipinski definition) is 0. The Kier molecular flexibility index (Phi) is 5.03. The minimum atomic E-state index is -0.214. The molecule has 3 aromatic heterocycles. The van der Waals surface area contributed by atoms with Crippen LogP contribution in [0.3, 0.4) is 0 Å². The summed E-state index contributed by atoms with van der Waals surface area (Å²) in [5, 5.41) is 23.9. The van der Waals surface area contributed by atoms with E-state index in [1.54, 1.807) is 0 Å². The average Bonchev–Trinajstić information content (AvgIpc) is 3.67. The number of nitriles is 2. The van der Waals surface area contributed by atoms with Gasteiger partial charge in [-0.1, -0.05) is 74.5 Å². The molecule has 1 aliphatic carbocycles. The summed E-state index contributed by atoms with van der Waals surface area (Å²) in [4.78, 5) is 5.36. The van der Waals surface area contributed by atoms with Gasteiger partial charge >= 0.3 is 0 Å². The highest BCUT2D eigenvalue weighted by molar-refractivity contribution is 6.15. The number of para-hydroxylation sites is 2. The highest BCUT2D eigenvalue weighted by Gasteiger charge is 2.38. The number of rotatable bonds is 2. The van der Waals surface area contributed by atoms with Gasteiger partial charge in [-0.2, -0.15) is 10.5 Å². The standard InChI is InChI=1S/C40H25N5/c1-40(2)31-17-14-24(22-41)21-30(31)38-32(40)18-16-28-26-8-3-6-11-34(26)45(39(28)38)37-13-7-12-36(43-37)44-33-10-5-4-9-27(33)29-20-25(23-42)15-19-35(29)44/h3-21H,1-2H3. The molecule has 0 spiro atoms. The van der Waals surface area contributed by atoms with E-state index in [0.29, 0.717) is 11.1 Å². The Bertz CT molecular complexity index is 2650. The second kappa shape index (κ2) is 8.92. The Balaban J connectivity index is 1.38. The summed E-state index contributed by atoms with van der Waals surface area (Å²) >= 11 is 0. The smallest absolute Gasteiger partial charge is 0.140 e. The second-order valence-corrected chi connectivity index (χ2v) is 12.3. The fourth-order valence-corrected chi connectivity index (χ4v) is 7.55. The molecular weight excluding hydrogens is 550 g/mol. The van der Waals surface area contributed by atoms with E-state index < -0.39 is 0 Å². The molecule has 0 aliphatic heterocycles. The molecule has 0 N–H and O–H groups in total. The Morgan fingerprint density at radius 1 is 0.556 bits per heavy atom. The van der Waals surface area contributed by atoms with Crippen molar-refractivity contribution in [1.29, 1.82) is 10.5 Å². The van der Waals surface area contributed by atoms with E-state index in [9.17, 15) is 10.5 Å². The van der Waals surface area contributed by atoms with Crippen LogP contribution in [-0.4, -0.2) is 14.1 Å². The maximum Gasteiger partial charge on any atom is 0.140 e. The molecule has 5 heteroatoms. The number of fused-ring (bicyclic) bond motifs is 10. The number of hydrogen-bond acceptors (Lipinski definition) is 3. The Morgan fingerprint density at radius 3 is 1.91 bits per heavy atom. The van der Waals surface area contributed by atoms with Crippen molar-refractivity contribution in [1.82, 2.24) is 14.1 Å². The maximum absolute atomic E-state index is 9.82. The molecule has 0 fully saturated rings. The summed E-state index contributed by atoms with van der Waals surface area (Å²) in [5.74, 6) is 1.61. The van der Waals surface area contributed by atoms with Crippen molar-refractivity contribution < 1.29 is 0 Å². The first-order chi connectivity index (χ1) is 22.0. The van der Waals surface area contributed by atoms with E-state index in [1.165, 1.54) is 11.1 Å². The van der Waals surface area contributed by atoms with Crippen LogP contribution >= 0.6 is 0 Å². The van der Waals surface area contributed by atoms with Crippen LogP contribution in [0.5, 0.6) is 0 Å². The zero-order chi connectivity index (χ0) is 30.4. The predicted octanol–water partition coefficient (Wildman–Crippen LogP) is 9.33. The van der Waals surface area contributed by atoms with Crippen molar-refractivity contribution in [3.8, 4) is 34.9 Å². The van der Waals surface area contributed by atoms with Crippen LogP contribution in [0.1, 0.15) is 36.1 Å². The van der Waals surface area contributed by atoms with Crippen molar-refractivity contribution >= 4 is 43.6 Å². The van der Waals surface area contributed by atoms with E-state index in [-0.39, 0.29) is 5.41 Å². The molecule has 0 amide bonds. The molecule has 0 unspecified atom stereocenters. The van der Waals surface area contributed by atoms with Crippen molar-refractivity contribution in [2.24, 2.45) is 0 Å². The third-order valence-corrected chi connectivity index (χ3v) is 9.58. The second-order valence-electron chi connectivity index (χ2n) is 12.3. The van der Waals surface area contributed by atoms with Gasteiger partial charge in [0.15, 0.2) is 0 Å². The predicted molar refractivity (Wildman–Crippen MR) is 180 cm³/mol. The normalized spacial score (nSPS) is 13.2. The van der Waals surface area contributed by atoms with E-state index in [2.05, 4.69) is 102 Å². The minimum Gasteiger partial charge on any atom is -0.294 e. The van der Waals surface area contributed by atoms with Crippen molar-refractivity contribution in [2.75, 3.05) is 0 Å². The zero-order valence-electron chi connectivity index (χ0n) is 24.7. The lowest BCUT2D eigenvalue weighted by Crippen LogP contribution is -2.14. The topological polar surface area (TPSA) is 70.3 Å². The largest absolute Gasteiger partial charge is 0.294 e. The van der Waals surface area contributed by atoms with Crippen molar-refractivity contribution in [2.45, 2.75) is 19.3 Å². The lowest BCUT2D eigenvalue weighted by Gasteiger charge is -2.21. The van der Waals surface area contributed by atoms with Crippen LogP contribution in [0.2, 0.25) is 0 Å². The molecule has 0 saturated carbocycles. The van der Waals surface area contributed by atoms with Gasteiger partial charge in [-0.3, -0.25) is 9.13 Å². The third kappa shape index (κ3) is 3.33. The van der Waals surface area contributed by atoms with Gasteiger partial charge in [0.2, 0.25) is 0 Å². The summed E-state index contributed by atoms with van der Waals surface area (Å²) < 4.78 is 4.48. The number of benzene rings is 5. The molecule has 5 aromatic carbocycles. The fraction of sp³-hybridized carbons (Fsp3) is 0.0750. The molecule has 3 heterocycles. The molecule has 0 atom stereocenters. The van der Waals surface area contributed by atoms with Gasteiger partial charge in [-0.25, -0.2) is 4.98 Å². The van der Waals surface area contributed by atoms with Gasteiger partial charge in [0.1, 0.15) is 11.6 Å². The molecule has 210 valence electrons. The van der Waals surface area contributed by atoms with Crippen LogP contribution < -0.4 is 0 Å². The lowest BCUT2D eigenvalue weighted by atomic mass is 9.82. The monoisotopic (exact) mass is 575 g/mol. The Hall–Kier alpha value is -6.17. The molecule has 0 radical (unpaired) electrons. The lowest BCUT2D eigenvalue weighted by molar-refractivity contribution is 0.660. The quantitative estimate of drug-likeness (QED) is 0.206. The molecule has 45 heavy (non-hydrogen) atoms. The summed E-state index contributed by atoms with van der Waals surface area (Å²) in [6.07, 6.45) is 0. The van der Waals surface area contributed by atoms with Crippen LogP contribution in [-0.2, 0) is 5.41 Å². The minimum absolute atomic E-state index is 0.214. The summed E-state index contributed by atoms with van der Waals surface area (Å²) in [6, 6.07) is 44.0. The maximum atomic E-state index is 9.82. The van der Waals surface area contributed by atoms with Crippen molar-refractivity contribution in [3.63, 3.8) is 0 Å². The fourth-order valence-electron chi connectivity index (χ4n) is 7.55. The first-order valence-electron chi connectivity index (χ1n) is 15.0. The molecule has 9 rings (SSSR count). The van der Waals surface area contributed by atoms with E-state index in [0.717, 1.165) is 66.4 Å². The van der Waals surface area contributed by atoms with E-state index in [1.807, 2.05) is 48.5 Å². The number of aromatic nitrogens is 3. The summed E-state index contributed by atoms with van der Waals surface area (Å²) in [7, 11) is 0. The van der Waals surface area contributed by atoms with Crippen LogP contribution in [0, 0.1) is 22.7 Å². The van der Waals surface area contributed by atoms with Crippen molar-refractivity contribution in [3.05, 3.63) is 138 Å². The van der Waals surface area contributed by atoms with E-state index in [4.69, 9.17) is 4.98 Å². The highest BCUT2D eigenvalue weighted by Crippen LogP contribution is 2.53. The van der Waals surface area contributed by atoms with Crippen LogP contribution in [0.15, 0.2) is 115 Å². The first kappa shape index (κ1) is 25.3. The molecule has 8 aromatic rings. The van der Waals surface area contributed by atoms with Crippen LogP contribution in [0.4, 0.5) is 0 Å². The summed E-state index contributed by atoms with van der Waals surface area (Å²) in [5.41, 5.74) is 10.0. The summed E-state index contributed by atoms with van der Waals surface area (Å²) in [6.45, 7) is 4.53. The van der Waals surface area contributed by atoms with Gasteiger partial charge in [0.25, 0.3) is 0 Å². The zero-order valence-corrected chi connectivity index (χ0v) is 24.7. The van der Waals surface area contributed by atoms with Crippen LogP contribution in [0.25, 0.3) is 66.4 Å². The van der Waals surface area contributed by atoms with Gasteiger partial charge in [0, 0.05) is 32.5 Å². The molecule has 5 nitrogen and oxygen atoms in total. The first-order valence-corrected chi connectivity index (χ1v) is 15.0.